The molecule has 4 rings (SSSR count). The van der Waals surface area contributed by atoms with E-state index in [4.69, 9.17) is 11.6 Å². The number of halogens is 2. The molecule has 5 nitrogen and oxygen atoms in total. The number of para-hydroxylation sites is 1. The molecule has 4 aromatic rings. The highest BCUT2D eigenvalue weighted by atomic mass is 35.5. The van der Waals surface area contributed by atoms with E-state index in [9.17, 15) is 14.0 Å². The number of carbonyl (C=O) groups excluding carboxylic acids is 1. The second kappa shape index (κ2) is 7.48. The predicted molar refractivity (Wildman–Crippen MR) is 111 cm³/mol. The highest BCUT2D eigenvalue weighted by molar-refractivity contribution is 6.34. The minimum absolute atomic E-state index is 0.159. The summed E-state index contributed by atoms with van der Waals surface area (Å²) in [7, 11) is 0. The summed E-state index contributed by atoms with van der Waals surface area (Å²) in [5, 5.41) is 3.44. The number of rotatable bonds is 3. The van der Waals surface area contributed by atoms with Gasteiger partial charge in [-0.1, -0.05) is 29.8 Å². The summed E-state index contributed by atoms with van der Waals surface area (Å²) < 4.78 is 14.9. The van der Waals surface area contributed by atoms with Crippen molar-refractivity contribution in [3.63, 3.8) is 0 Å². The van der Waals surface area contributed by atoms with Gasteiger partial charge in [-0.3, -0.25) is 14.2 Å². The van der Waals surface area contributed by atoms with Crippen LogP contribution in [-0.4, -0.2) is 15.5 Å². The average molecular weight is 408 g/mol. The van der Waals surface area contributed by atoms with Gasteiger partial charge in [-0.15, -0.1) is 0 Å². The van der Waals surface area contributed by atoms with Crippen molar-refractivity contribution >= 4 is 34.1 Å². The maximum absolute atomic E-state index is 13.4. The Balaban J connectivity index is 1.77. The fraction of sp³-hybridized carbons (Fsp3) is 0.0455. The molecular formula is C22H15ClFN3O2. The summed E-state index contributed by atoms with van der Waals surface area (Å²) in [5.41, 5.74) is 1.35. The van der Waals surface area contributed by atoms with Crippen molar-refractivity contribution < 1.29 is 9.18 Å². The zero-order valence-corrected chi connectivity index (χ0v) is 16.1. The van der Waals surface area contributed by atoms with Gasteiger partial charge >= 0.3 is 0 Å². The molecule has 1 heterocycles. The highest BCUT2D eigenvalue weighted by Crippen LogP contribution is 2.26. The lowest BCUT2D eigenvalue weighted by Gasteiger charge is -2.14. The summed E-state index contributed by atoms with van der Waals surface area (Å²) in [4.78, 5) is 29.9. The van der Waals surface area contributed by atoms with Gasteiger partial charge in [0.25, 0.3) is 11.5 Å². The summed E-state index contributed by atoms with van der Waals surface area (Å²) in [5.74, 6) is -0.524. The summed E-state index contributed by atoms with van der Waals surface area (Å²) in [6.45, 7) is 1.73. The first-order chi connectivity index (χ1) is 13.9. The molecule has 1 N–H and O–H groups in total. The Bertz CT molecular complexity index is 1320. The second-order valence-electron chi connectivity index (χ2n) is 6.45. The second-order valence-corrected chi connectivity index (χ2v) is 6.85. The van der Waals surface area contributed by atoms with Crippen molar-refractivity contribution in [3.05, 3.63) is 99.3 Å². The number of anilines is 1. The van der Waals surface area contributed by atoms with Gasteiger partial charge in [0.15, 0.2) is 0 Å². The molecule has 0 saturated heterocycles. The molecule has 0 radical (unpaired) electrons. The third-order valence-electron chi connectivity index (χ3n) is 4.49. The van der Waals surface area contributed by atoms with Gasteiger partial charge in [-0.2, -0.15) is 0 Å². The van der Waals surface area contributed by atoms with Gasteiger partial charge in [0.05, 0.1) is 27.3 Å². The van der Waals surface area contributed by atoms with Gasteiger partial charge in [0.1, 0.15) is 11.6 Å². The molecule has 0 bridgehead atoms. The van der Waals surface area contributed by atoms with Crippen molar-refractivity contribution in [3.8, 4) is 5.69 Å². The fourth-order valence-corrected chi connectivity index (χ4v) is 3.28. The highest BCUT2D eigenvalue weighted by Gasteiger charge is 2.14. The Morgan fingerprint density at radius 3 is 2.66 bits per heavy atom. The molecule has 0 atom stereocenters. The molecule has 0 aliphatic heterocycles. The summed E-state index contributed by atoms with van der Waals surface area (Å²) in [6, 6.07) is 17.3. The topological polar surface area (TPSA) is 64.0 Å². The van der Waals surface area contributed by atoms with Crippen LogP contribution in [0.2, 0.25) is 5.02 Å². The van der Waals surface area contributed by atoms with Crippen LogP contribution in [0.1, 0.15) is 16.2 Å². The lowest BCUT2D eigenvalue weighted by molar-refractivity contribution is 0.102. The molecule has 29 heavy (non-hydrogen) atoms. The number of benzene rings is 3. The molecule has 0 saturated carbocycles. The first-order valence-corrected chi connectivity index (χ1v) is 9.17. The van der Waals surface area contributed by atoms with Crippen LogP contribution in [0.5, 0.6) is 0 Å². The number of aromatic nitrogens is 2. The molecule has 144 valence electrons. The van der Waals surface area contributed by atoms with E-state index in [0.717, 1.165) is 6.07 Å². The number of fused-ring (bicyclic) bond motifs is 1. The van der Waals surface area contributed by atoms with Crippen molar-refractivity contribution in [1.82, 2.24) is 9.55 Å². The lowest BCUT2D eigenvalue weighted by atomic mass is 10.2. The van der Waals surface area contributed by atoms with E-state index in [-0.39, 0.29) is 16.1 Å². The van der Waals surface area contributed by atoms with E-state index in [1.807, 2.05) is 6.07 Å². The van der Waals surface area contributed by atoms with Crippen LogP contribution in [0.4, 0.5) is 10.1 Å². The van der Waals surface area contributed by atoms with Gasteiger partial charge in [-0.25, -0.2) is 9.37 Å². The molecule has 7 heteroatoms. The number of amides is 1. The maximum Gasteiger partial charge on any atom is 0.265 e. The van der Waals surface area contributed by atoms with Crippen LogP contribution in [0, 0.1) is 12.7 Å². The molecule has 0 fully saturated rings. The van der Waals surface area contributed by atoms with Crippen LogP contribution < -0.4 is 10.9 Å². The number of aryl methyl sites for hydroxylation is 1. The van der Waals surface area contributed by atoms with Crippen molar-refractivity contribution in [1.29, 1.82) is 0 Å². The van der Waals surface area contributed by atoms with Crippen LogP contribution in [0.3, 0.4) is 0 Å². The molecule has 0 spiro atoms. The Morgan fingerprint density at radius 2 is 1.86 bits per heavy atom. The van der Waals surface area contributed by atoms with E-state index < -0.39 is 11.7 Å². The Labute approximate surface area is 170 Å². The molecule has 0 aliphatic rings. The molecule has 1 aromatic heterocycles. The standard InChI is InChI=1S/C22H15ClFN3O2/c1-13-25-19-8-3-2-7-17(19)22(29)27(13)16-9-10-18(23)20(12-16)26-21(28)14-5-4-6-15(24)11-14/h2-12H,1H3,(H,26,28). The Kier molecular flexibility index (Phi) is 4.86. The molecule has 0 unspecified atom stereocenters. The predicted octanol–water partition coefficient (Wildman–Crippen LogP) is 4.74. The fourth-order valence-electron chi connectivity index (χ4n) is 3.12. The summed E-state index contributed by atoms with van der Waals surface area (Å²) in [6.07, 6.45) is 0. The molecule has 1 amide bonds. The smallest absolute Gasteiger partial charge is 0.265 e. The van der Waals surface area contributed by atoms with E-state index in [0.29, 0.717) is 28.1 Å². The zero-order valence-electron chi connectivity index (χ0n) is 15.3. The zero-order chi connectivity index (χ0) is 20.5. The quantitative estimate of drug-likeness (QED) is 0.533. The summed E-state index contributed by atoms with van der Waals surface area (Å²) >= 11 is 6.23. The normalized spacial score (nSPS) is 10.9. The maximum atomic E-state index is 13.4. The number of nitrogens with one attached hydrogen (secondary N) is 1. The largest absolute Gasteiger partial charge is 0.321 e. The minimum Gasteiger partial charge on any atom is -0.321 e. The number of hydrogen-bond acceptors (Lipinski definition) is 3. The van der Waals surface area contributed by atoms with Gasteiger partial charge in [-0.05, 0) is 55.5 Å². The number of nitrogens with zero attached hydrogens (tertiary/aromatic N) is 2. The lowest BCUT2D eigenvalue weighted by Crippen LogP contribution is -2.22. The minimum atomic E-state index is -0.512. The molecule has 0 aliphatic carbocycles. The van der Waals surface area contributed by atoms with Crippen LogP contribution in [0.25, 0.3) is 16.6 Å². The van der Waals surface area contributed by atoms with Crippen molar-refractivity contribution in [2.45, 2.75) is 6.92 Å². The van der Waals surface area contributed by atoms with Crippen molar-refractivity contribution in [2.75, 3.05) is 5.32 Å². The first kappa shape index (κ1) is 18.8. The first-order valence-electron chi connectivity index (χ1n) is 8.79. The Hall–Kier alpha value is -3.51. The third kappa shape index (κ3) is 3.62. The van der Waals surface area contributed by atoms with E-state index in [1.54, 1.807) is 43.3 Å². The molecule has 3 aromatic carbocycles. The molecular weight excluding hydrogens is 393 g/mol. The average Bonchev–Trinajstić information content (AvgIpc) is 2.70. The van der Waals surface area contributed by atoms with E-state index in [1.165, 1.54) is 22.8 Å². The monoisotopic (exact) mass is 407 g/mol. The SMILES string of the molecule is Cc1nc2ccccc2c(=O)n1-c1ccc(Cl)c(NC(=O)c2cccc(F)c2)c1. The van der Waals surface area contributed by atoms with Crippen LogP contribution in [-0.2, 0) is 0 Å². The van der Waals surface area contributed by atoms with Gasteiger partial charge in [0, 0.05) is 5.56 Å². The van der Waals surface area contributed by atoms with Crippen LogP contribution in [0.15, 0.2) is 71.5 Å². The number of carbonyl (C=O) groups is 1. The Morgan fingerprint density at radius 1 is 1.07 bits per heavy atom. The van der Waals surface area contributed by atoms with Gasteiger partial charge < -0.3 is 5.32 Å². The van der Waals surface area contributed by atoms with Gasteiger partial charge in [0.2, 0.25) is 0 Å². The number of hydrogen-bond donors (Lipinski definition) is 1. The third-order valence-corrected chi connectivity index (χ3v) is 4.82. The van der Waals surface area contributed by atoms with E-state index >= 15 is 0 Å². The van der Waals surface area contributed by atoms with Crippen LogP contribution >= 0.6 is 11.6 Å². The van der Waals surface area contributed by atoms with Crippen molar-refractivity contribution in [2.24, 2.45) is 0 Å². The van der Waals surface area contributed by atoms with E-state index in [2.05, 4.69) is 10.3 Å².